The molecule has 3 heteroatoms. The van der Waals surface area contributed by atoms with Gasteiger partial charge in [-0.1, -0.05) is 150 Å². The zero-order valence-corrected chi connectivity index (χ0v) is 30.0. The zero-order chi connectivity index (χ0) is 27.5. The van der Waals surface area contributed by atoms with Crippen LogP contribution in [0.15, 0.2) is 97.1 Å². The molecule has 4 aromatic carbocycles. The van der Waals surface area contributed by atoms with Gasteiger partial charge in [0, 0.05) is 31.5 Å². The van der Waals surface area contributed by atoms with Crippen molar-refractivity contribution in [3.8, 4) is 11.3 Å². The van der Waals surface area contributed by atoms with E-state index in [0.29, 0.717) is 17.8 Å². The molecule has 5 rings (SSSR count). The second-order valence-corrected chi connectivity index (χ2v) is 11.3. The molecule has 0 aliphatic carbocycles. The average molecular weight is 735 g/mol. The van der Waals surface area contributed by atoms with Crippen molar-refractivity contribution < 1.29 is 25.8 Å². The Balaban J connectivity index is 0.00000231. The third-order valence-electron chi connectivity index (χ3n) is 7.54. The van der Waals surface area contributed by atoms with Crippen LogP contribution in [0.5, 0.6) is 0 Å². The second-order valence-electron chi connectivity index (χ2n) is 11.3. The van der Waals surface area contributed by atoms with Crippen molar-refractivity contribution in [1.29, 1.82) is 0 Å². The van der Waals surface area contributed by atoms with Gasteiger partial charge in [-0.25, -0.2) is 0 Å². The largest absolute Gasteiger partial charge is 0.673 e. The van der Waals surface area contributed by atoms with Crippen LogP contribution in [0.25, 0.3) is 27.3 Å². The number of hydrogen-bond donors (Lipinski definition) is 0. The molecule has 0 saturated heterocycles. The van der Waals surface area contributed by atoms with Gasteiger partial charge >= 0.3 is 0 Å². The predicted molar refractivity (Wildman–Crippen MR) is 186 cm³/mol. The Morgan fingerprint density at radius 3 is 1.77 bits per heavy atom. The van der Waals surface area contributed by atoms with Crippen molar-refractivity contribution in [3.63, 3.8) is 0 Å². The maximum Gasteiger partial charge on any atom is 0.0195 e. The molecular formula is C40H48HfN2-4. The van der Waals surface area contributed by atoms with Gasteiger partial charge in [-0.2, -0.15) is 0 Å². The third-order valence-corrected chi connectivity index (χ3v) is 7.54. The summed E-state index contributed by atoms with van der Waals surface area (Å²) >= 11 is 0. The van der Waals surface area contributed by atoms with Gasteiger partial charge in [0.2, 0.25) is 0 Å². The maximum atomic E-state index is 5.61. The van der Waals surface area contributed by atoms with E-state index in [4.69, 9.17) is 10.3 Å². The molecule has 0 fully saturated rings. The van der Waals surface area contributed by atoms with Gasteiger partial charge in [0.15, 0.2) is 0 Å². The van der Waals surface area contributed by atoms with E-state index in [1.54, 1.807) is 0 Å². The Kier molecular flexibility index (Phi) is 14.8. The van der Waals surface area contributed by atoms with Crippen molar-refractivity contribution in [3.05, 3.63) is 151 Å². The molecule has 0 N–H and O–H groups in total. The SMILES string of the molecule is C.CC(C)c1ccccc1C([N-]c1c(C(C)C)cccc1C(C)C)c1cccc(-c2[c-]ccc3ccccc23)n1.[CH3-].[CH3-].[Hf]. The first-order valence-electron chi connectivity index (χ1n) is 14.1. The molecular weight excluding hydrogens is 687 g/mol. The summed E-state index contributed by atoms with van der Waals surface area (Å²) in [7, 11) is 0. The number of aromatic nitrogens is 1. The van der Waals surface area contributed by atoms with E-state index in [1.165, 1.54) is 27.6 Å². The van der Waals surface area contributed by atoms with Gasteiger partial charge in [0.05, 0.1) is 0 Å². The van der Waals surface area contributed by atoms with Gasteiger partial charge in [-0.05, 0) is 41.1 Å². The van der Waals surface area contributed by atoms with Crippen molar-refractivity contribution >= 4 is 16.5 Å². The standard InChI is InChI=1S/C37H38N2.CH4.2CH3.Hf/c1-24(2)28-16-9-10-18-33(28)37(39-36-29(25(3)4)19-12-20-30(36)26(5)6)35-23-13-22-34(38-35)32-21-11-15-27-14-7-8-17-31(27)32;;;;/h7-20,22-26,37H,1-6H3;1H4;2*1H3;/q-2;;2*-1;. The molecule has 226 valence electrons. The molecule has 0 bridgehead atoms. The first-order chi connectivity index (χ1) is 18.8. The minimum Gasteiger partial charge on any atom is -0.673 e. The number of nitrogens with zero attached hydrogens (tertiary/aromatic N) is 2. The van der Waals surface area contributed by atoms with E-state index in [1.807, 2.05) is 6.07 Å². The Hall–Kier alpha value is -3.04. The number of hydrogen-bond acceptors (Lipinski definition) is 1. The summed E-state index contributed by atoms with van der Waals surface area (Å²) in [6, 6.07) is 37.5. The van der Waals surface area contributed by atoms with Crippen LogP contribution in [0.1, 0.15) is 101 Å². The van der Waals surface area contributed by atoms with Crippen LogP contribution in [0.2, 0.25) is 0 Å². The summed E-state index contributed by atoms with van der Waals surface area (Å²) in [6.07, 6.45) is 0. The van der Waals surface area contributed by atoms with Crippen molar-refractivity contribution in [1.82, 2.24) is 4.98 Å². The topological polar surface area (TPSA) is 27.0 Å². The molecule has 1 heterocycles. The molecule has 0 spiro atoms. The van der Waals surface area contributed by atoms with Crippen molar-refractivity contribution in [2.24, 2.45) is 0 Å². The van der Waals surface area contributed by atoms with Crippen LogP contribution in [0.4, 0.5) is 5.69 Å². The van der Waals surface area contributed by atoms with Crippen LogP contribution in [-0.2, 0) is 25.8 Å². The summed E-state index contributed by atoms with van der Waals surface area (Å²) in [5, 5.41) is 7.96. The molecule has 1 aromatic heterocycles. The van der Waals surface area contributed by atoms with Gasteiger partial charge < -0.3 is 25.2 Å². The number of benzene rings is 4. The fraction of sp³-hybridized carbons (Fsp3) is 0.275. The van der Waals surface area contributed by atoms with Crippen LogP contribution >= 0.6 is 0 Å². The van der Waals surface area contributed by atoms with Gasteiger partial charge in [0.25, 0.3) is 0 Å². The van der Waals surface area contributed by atoms with E-state index >= 15 is 0 Å². The van der Waals surface area contributed by atoms with Gasteiger partial charge in [-0.15, -0.1) is 34.8 Å². The first kappa shape index (κ1) is 38.0. The number of pyridine rings is 1. The molecule has 1 unspecified atom stereocenters. The second kappa shape index (κ2) is 16.7. The minimum atomic E-state index is -0.226. The van der Waals surface area contributed by atoms with E-state index in [2.05, 4.69) is 139 Å². The van der Waals surface area contributed by atoms with Crippen LogP contribution in [-0.4, -0.2) is 4.98 Å². The average Bonchev–Trinajstić information content (AvgIpc) is 2.95. The fourth-order valence-corrected chi connectivity index (χ4v) is 5.49. The Morgan fingerprint density at radius 2 is 1.14 bits per heavy atom. The molecule has 0 saturated carbocycles. The van der Waals surface area contributed by atoms with E-state index in [-0.39, 0.29) is 54.2 Å². The Bertz CT molecular complexity index is 1550. The summed E-state index contributed by atoms with van der Waals surface area (Å²) in [5.41, 5.74) is 9.10. The van der Waals surface area contributed by atoms with E-state index in [0.717, 1.165) is 28.0 Å². The smallest absolute Gasteiger partial charge is 0.0195 e. The van der Waals surface area contributed by atoms with Crippen LogP contribution < -0.4 is 0 Å². The molecule has 0 aliphatic heterocycles. The van der Waals surface area contributed by atoms with Gasteiger partial charge in [-0.3, -0.25) is 0 Å². The quantitative estimate of drug-likeness (QED) is 0.115. The Morgan fingerprint density at radius 1 is 0.605 bits per heavy atom. The Labute approximate surface area is 281 Å². The summed E-state index contributed by atoms with van der Waals surface area (Å²) in [5.74, 6) is 1.11. The molecule has 1 atom stereocenters. The van der Waals surface area contributed by atoms with Crippen LogP contribution in [0, 0.1) is 20.9 Å². The molecule has 5 aromatic rings. The van der Waals surface area contributed by atoms with Crippen molar-refractivity contribution in [2.45, 2.75) is 72.8 Å². The monoisotopic (exact) mass is 736 g/mol. The fourth-order valence-electron chi connectivity index (χ4n) is 5.49. The molecule has 0 radical (unpaired) electrons. The zero-order valence-electron chi connectivity index (χ0n) is 26.4. The molecule has 43 heavy (non-hydrogen) atoms. The third kappa shape index (κ3) is 8.12. The summed E-state index contributed by atoms with van der Waals surface area (Å²) < 4.78 is 0. The minimum absolute atomic E-state index is 0. The number of fused-ring (bicyclic) bond motifs is 1. The van der Waals surface area contributed by atoms with Crippen LogP contribution in [0.3, 0.4) is 0 Å². The molecule has 2 nitrogen and oxygen atoms in total. The summed E-state index contributed by atoms with van der Waals surface area (Å²) in [4.78, 5) is 5.29. The maximum absolute atomic E-state index is 5.61. The molecule has 0 amide bonds. The number of para-hydroxylation sites is 1. The first-order valence-corrected chi connectivity index (χ1v) is 14.1. The summed E-state index contributed by atoms with van der Waals surface area (Å²) in [6.45, 7) is 13.5. The normalized spacial score (nSPS) is 11.3. The molecule has 0 aliphatic rings. The van der Waals surface area contributed by atoms with Gasteiger partial charge in [0.1, 0.15) is 0 Å². The number of rotatable bonds is 8. The predicted octanol–water partition coefficient (Wildman–Crippen LogP) is 12.4. The van der Waals surface area contributed by atoms with Crippen molar-refractivity contribution in [2.75, 3.05) is 0 Å². The van der Waals surface area contributed by atoms with E-state index in [9.17, 15) is 0 Å². The van der Waals surface area contributed by atoms with E-state index < -0.39 is 0 Å².